The Balaban J connectivity index is 0.00000441. The highest BCUT2D eigenvalue weighted by Gasteiger charge is 1.98. The predicted molar refractivity (Wildman–Crippen MR) is 100 cm³/mol. The lowest BCUT2D eigenvalue weighted by molar-refractivity contribution is 0.0748. The van der Waals surface area contributed by atoms with Crippen molar-refractivity contribution in [1.29, 1.82) is 0 Å². The van der Waals surface area contributed by atoms with Crippen molar-refractivity contribution in [3.63, 3.8) is 0 Å². The fourth-order valence-corrected chi connectivity index (χ4v) is 1.66. The molecule has 126 valence electrons. The van der Waals surface area contributed by atoms with Gasteiger partial charge in [-0.3, -0.25) is 9.98 Å². The van der Waals surface area contributed by atoms with E-state index in [9.17, 15) is 0 Å². The van der Waals surface area contributed by atoms with Crippen molar-refractivity contribution in [2.75, 3.05) is 46.6 Å². The molecule has 1 aromatic rings. The van der Waals surface area contributed by atoms with Crippen LogP contribution in [0.2, 0.25) is 0 Å². The minimum Gasteiger partial charge on any atom is -0.382 e. The smallest absolute Gasteiger partial charge is 0.191 e. The number of guanidine groups is 1. The number of ether oxygens (including phenoxy) is 2. The molecular formula is C15H27IN4O2. The Hall–Kier alpha value is -0.930. The molecule has 0 saturated heterocycles. The van der Waals surface area contributed by atoms with Crippen LogP contribution >= 0.6 is 24.0 Å². The lowest BCUT2D eigenvalue weighted by Crippen LogP contribution is -2.38. The van der Waals surface area contributed by atoms with Gasteiger partial charge in [0.05, 0.1) is 26.4 Å². The first-order valence-electron chi connectivity index (χ1n) is 7.35. The molecule has 0 spiro atoms. The van der Waals surface area contributed by atoms with Crippen molar-refractivity contribution in [3.8, 4) is 0 Å². The molecule has 0 unspecified atom stereocenters. The van der Waals surface area contributed by atoms with Crippen molar-refractivity contribution in [3.05, 3.63) is 30.1 Å². The third-order valence-electron chi connectivity index (χ3n) is 2.68. The summed E-state index contributed by atoms with van der Waals surface area (Å²) in [5.74, 6) is 0.809. The summed E-state index contributed by atoms with van der Waals surface area (Å²) in [7, 11) is 1.66. The molecule has 2 N–H and O–H groups in total. The number of halogens is 1. The quantitative estimate of drug-likeness (QED) is 0.259. The SMILES string of the molecule is CCNC(=NCCOCCOC)NCCc1ccccn1.I. The van der Waals surface area contributed by atoms with E-state index in [0.29, 0.717) is 26.4 Å². The summed E-state index contributed by atoms with van der Waals surface area (Å²) >= 11 is 0. The molecule has 1 heterocycles. The molecule has 0 aliphatic rings. The molecule has 7 heteroatoms. The monoisotopic (exact) mass is 422 g/mol. The number of hydrogen-bond acceptors (Lipinski definition) is 4. The van der Waals surface area contributed by atoms with Crippen molar-refractivity contribution in [1.82, 2.24) is 15.6 Å². The maximum Gasteiger partial charge on any atom is 0.191 e. The average molecular weight is 422 g/mol. The van der Waals surface area contributed by atoms with Gasteiger partial charge >= 0.3 is 0 Å². The van der Waals surface area contributed by atoms with E-state index in [1.54, 1.807) is 7.11 Å². The normalized spacial score (nSPS) is 10.9. The van der Waals surface area contributed by atoms with Gasteiger partial charge in [0, 0.05) is 38.5 Å². The van der Waals surface area contributed by atoms with Crippen LogP contribution in [0, 0.1) is 0 Å². The molecule has 0 radical (unpaired) electrons. The van der Waals surface area contributed by atoms with E-state index in [0.717, 1.165) is 31.2 Å². The van der Waals surface area contributed by atoms with Crippen molar-refractivity contribution < 1.29 is 9.47 Å². The van der Waals surface area contributed by atoms with Gasteiger partial charge < -0.3 is 20.1 Å². The minimum atomic E-state index is 0. The molecule has 0 aliphatic carbocycles. The van der Waals surface area contributed by atoms with Crippen LogP contribution in [0.4, 0.5) is 0 Å². The van der Waals surface area contributed by atoms with E-state index in [1.165, 1.54) is 0 Å². The summed E-state index contributed by atoms with van der Waals surface area (Å²) in [4.78, 5) is 8.74. The molecule has 0 bridgehead atoms. The van der Waals surface area contributed by atoms with Crippen LogP contribution < -0.4 is 10.6 Å². The number of rotatable bonds is 10. The van der Waals surface area contributed by atoms with Crippen molar-refractivity contribution >= 4 is 29.9 Å². The zero-order chi connectivity index (χ0) is 15.2. The highest BCUT2D eigenvalue weighted by atomic mass is 127. The Labute approximate surface area is 150 Å². The van der Waals surface area contributed by atoms with Crippen LogP contribution in [0.15, 0.2) is 29.4 Å². The topological polar surface area (TPSA) is 67.8 Å². The number of pyridine rings is 1. The van der Waals surface area contributed by atoms with Gasteiger partial charge in [-0.1, -0.05) is 6.07 Å². The molecular weight excluding hydrogens is 395 g/mol. The van der Waals surface area contributed by atoms with Gasteiger partial charge in [0.15, 0.2) is 5.96 Å². The van der Waals surface area contributed by atoms with Gasteiger partial charge in [-0.05, 0) is 19.1 Å². The van der Waals surface area contributed by atoms with Gasteiger partial charge in [0.1, 0.15) is 0 Å². The fraction of sp³-hybridized carbons (Fsp3) is 0.600. The summed E-state index contributed by atoms with van der Waals surface area (Å²) in [6.45, 7) is 6.13. The summed E-state index contributed by atoms with van der Waals surface area (Å²) in [6.07, 6.45) is 2.68. The number of aromatic nitrogens is 1. The Morgan fingerprint density at radius 2 is 2.09 bits per heavy atom. The summed E-state index contributed by atoms with van der Waals surface area (Å²) in [5.41, 5.74) is 1.07. The second-order valence-electron chi connectivity index (χ2n) is 4.36. The molecule has 1 aromatic heterocycles. The van der Waals surface area contributed by atoms with Crippen LogP contribution in [-0.4, -0.2) is 57.5 Å². The third-order valence-corrected chi connectivity index (χ3v) is 2.68. The van der Waals surface area contributed by atoms with E-state index >= 15 is 0 Å². The molecule has 22 heavy (non-hydrogen) atoms. The molecule has 0 aliphatic heterocycles. The third kappa shape index (κ3) is 10.7. The molecule has 0 atom stereocenters. The van der Waals surface area contributed by atoms with Crippen LogP contribution in [0.5, 0.6) is 0 Å². The maximum atomic E-state index is 5.38. The first-order valence-corrected chi connectivity index (χ1v) is 7.35. The van der Waals surface area contributed by atoms with Gasteiger partial charge in [-0.25, -0.2) is 0 Å². The Morgan fingerprint density at radius 3 is 2.77 bits per heavy atom. The van der Waals surface area contributed by atoms with Gasteiger partial charge in [0.25, 0.3) is 0 Å². The molecule has 6 nitrogen and oxygen atoms in total. The zero-order valence-corrected chi connectivity index (χ0v) is 15.7. The predicted octanol–water partition coefficient (Wildman–Crippen LogP) is 1.46. The Morgan fingerprint density at radius 1 is 1.23 bits per heavy atom. The van der Waals surface area contributed by atoms with E-state index in [4.69, 9.17) is 9.47 Å². The molecule has 0 saturated carbocycles. The van der Waals surface area contributed by atoms with Gasteiger partial charge in [-0.2, -0.15) is 0 Å². The van der Waals surface area contributed by atoms with Crippen molar-refractivity contribution in [2.45, 2.75) is 13.3 Å². The second-order valence-corrected chi connectivity index (χ2v) is 4.36. The first kappa shape index (κ1) is 21.1. The number of nitrogens with zero attached hydrogens (tertiary/aromatic N) is 2. The van der Waals surface area contributed by atoms with E-state index < -0.39 is 0 Å². The van der Waals surface area contributed by atoms with Crippen LogP contribution in [-0.2, 0) is 15.9 Å². The van der Waals surface area contributed by atoms with Crippen LogP contribution in [0.3, 0.4) is 0 Å². The minimum absolute atomic E-state index is 0. The molecule has 0 fully saturated rings. The van der Waals surface area contributed by atoms with Crippen LogP contribution in [0.25, 0.3) is 0 Å². The Bertz CT molecular complexity index is 390. The van der Waals surface area contributed by atoms with Gasteiger partial charge in [0.2, 0.25) is 0 Å². The molecule has 0 aromatic carbocycles. The highest BCUT2D eigenvalue weighted by molar-refractivity contribution is 14.0. The van der Waals surface area contributed by atoms with Crippen molar-refractivity contribution in [2.24, 2.45) is 4.99 Å². The van der Waals surface area contributed by atoms with E-state index in [-0.39, 0.29) is 24.0 Å². The average Bonchev–Trinajstić information content (AvgIpc) is 2.51. The standard InChI is InChI=1S/C15H26N4O2.HI/c1-3-16-15(19-10-11-21-13-12-20-2)18-9-7-14-6-4-5-8-17-14;/h4-6,8H,3,7,9-13H2,1-2H3,(H2,16,18,19);1H. The summed E-state index contributed by atoms with van der Waals surface area (Å²) < 4.78 is 10.3. The highest BCUT2D eigenvalue weighted by Crippen LogP contribution is 1.93. The number of hydrogen-bond donors (Lipinski definition) is 2. The number of aliphatic imine (C=N–C) groups is 1. The number of methoxy groups -OCH3 is 1. The summed E-state index contributed by atoms with van der Waals surface area (Å²) in [6, 6.07) is 5.94. The lowest BCUT2D eigenvalue weighted by atomic mass is 10.3. The fourth-order valence-electron chi connectivity index (χ4n) is 1.66. The zero-order valence-electron chi connectivity index (χ0n) is 13.4. The molecule has 0 amide bonds. The molecule has 1 rings (SSSR count). The largest absolute Gasteiger partial charge is 0.382 e. The summed E-state index contributed by atoms with van der Waals surface area (Å²) in [5, 5.41) is 6.50. The maximum absolute atomic E-state index is 5.38. The van der Waals surface area contributed by atoms with Crippen LogP contribution in [0.1, 0.15) is 12.6 Å². The number of nitrogens with one attached hydrogen (secondary N) is 2. The van der Waals surface area contributed by atoms with Gasteiger partial charge in [-0.15, -0.1) is 24.0 Å². The van der Waals surface area contributed by atoms with E-state index in [2.05, 4.69) is 20.6 Å². The first-order chi connectivity index (χ1) is 10.4. The second kappa shape index (κ2) is 15.0. The Kier molecular flexibility index (Phi) is 14.4. The lowest BCUT2D eigenvalue weighted by Gasteiger charge is -2.11. The van der Waals surface area contributed by atoms with E-state index in [1.807, 2.05) is 31.3 Å².